The molecule has 5 heteroatoms. The first-order chi connectivity index (χ1) is 7.70. The molecule has 0 radical (unpaired) electrons. The van der Waals surface area contributed by atoms with Gasteiger partial charge in [0, 0.05) is 18.2 Å². The summed E-state index contributed by atoms with van der Waals surface area (Å²) >= 11 is 0. The number of hydrogen-bond donors (Lipinski definition) is 0. The van der Waals surface area contributed by atoms with Gasteiger partial charge in [-0.15, -0.1) is 5.10 Å². The maximum atomic E-state index is 12.1. The molecule has 0 saturated heterocycles. The average molecular weight is 213 g/mol. The Hall–Kier alpha value is -2.30. The van der Waals surface area contributed by atoms with Crippen LogP contribution in [0.2, 0.25) is 0 Å². The highest BCUT2D eigenvalue weighted by Crippen LogP contribution is 2.24. The molecule has 0 bridgehead atoms. The van der Waals surface area contributed by atoms with Gasteiger partial charge in [-0.25, -0.2) is 4.68 Å². The smallest absolute Gasteiger partial charge is 0.216 e. The molecule has 2 aromatic rings. The van der Waals surface area contributed by atoms with Gasteiger partial charge in [0.15, 0.2) is 5.69 Å². The van der Waals surface area contributed by atoms with Crippen LogP contribution in [0.15, 0.2) is 24.3 Å². The van der Waals surface area contributed by atoms with Crippen LogP contribution in [0.25, 0.3) is 0 Å². The molecule has 0 amide bonds. The van der Waals surface area contributed by atoms with E-state index in [0.717, 1.165) is 0 Å². The molecular formula is C11H7N3O2. The van der Waals surface area contributed by atoms with E-state index >= 15 is 0 Å². The summed E-state index contributed by atoms with van der Waals surface area (Å²) in [4.78, 5) is 24.1. The van der Waals surface area contributed by atoms with Crippen molar-refractivity contribution in [3.05, 3.63) is 46.8 Å². The summed E-state index contributed by atoms with van der Waals surface area (Å²) in [6.07, 6.45) is 0. The van der Waals surface area contributed by atoms with Crippen LogP contribution >= 0.6 is 0 Å². The third-order valence-electron chi connectivity index (χ3n) is 2.67. The first kappa shape index (κ1) is 8.96. The third-order valence-corrected chi connectivity index (χ3v) is 2.67. The van der Waals surface area contributed by atoms with Crippen LogP contribution in [0.5, 0.6) is 0 Å². The summed E-state index contributed by atoms with van der Waals surface area (Å²) in [5.74, 6) is -0.434. The van der Waals surface area contributed by atoms with Crippen molar-refractivity contribution in [2.45, 2.75) is 0 Å². The molecule has 1 heterocycles. The molecule has 0 spiro atoms. The van der Waals surface area contributed by atoms with E-state index in [1.807, 2.05) is 0 Å². The highest BCUT2D eigenvalue weighted by Gasteiger charge is 2.33. The van der Waals surface area contributed by atoms with E-state index in [4.69, 9.17) is 0 Å². The van der Waals surface area contributed by atoms with Crippen LogP contribution in [0.3, 0.4) is 0 Å². The summed E-state index contributed by atoms with van der Waals surface area (Å²) in [5, 5.41) is 7.44. The number of aromatic nitrogens is 3. The number of aryl methyl sites for hydroxylation is 1. The number of nitrogens with zero attached hydrogens (tertiary/aromatic N) is 3. The SMILES string of the molecule is Cn1nnc2c1C(=O)c1ccccc1C2=O. The van der Waals surface area contributed by atoms with E-state index in [1.54, 1.807) is 31.3 Å². The summed E-state index contributed by atoms with van der Waals surface area (Å²) in [6, 6.07) is 6.74. The minimum atomic E-state index is -0.238. The second-order valence-electron chi connectivity index (χ2n) is 3.61. The van der Waals surface area contributed by atoms with Crippen molar-refractivity contribution in [2.75, 3.05) is 0 Å². The zero-order valence-corrected chi connectivity index (χ0v) is 8.47. The fourth-order valence-electron chi connectivity index (χ4n) is 1.90. The second kappa shape index (κ2) is 2.85. The van der Waals surface area contributed by atoms with Gasteiger partial charge >= 0.3 is 0 Å². The largest absolute Gasteiger partial charge is 0.287 e. The molecule has 1 aromatic heterocycles. The molecule has 1 aliphatic carbocycles. The van der Waals surface area contributed by atoms with Crippen LogP contribution < -0.4 is 0 Å². The molecule has 5 nitrogen and oxygen atoms in total. The van der Waals surface area contributed by atoms with Crippen LogP contribution in [0.1, 0.15) is 32.1 Å². The van der Waals surface area contributed by atoms with E-state index in [1.165, 1.54) is 4.68 Å². The van der Waals surface area contributed by atoms with Crippen molar-refractivity contribution in [3.63, 3.8) is 0 Å². The second-order valence-corrected chi connectivity index (χ2v) is 3.61. The predicted molar refractivity (Wildman–Crippen MR) is 54.3 cm³/mol. The lowest BCUT2D eigenvalue weighted by atomic mass is 9.90. The maximum Gasteiger partial charge on any atom is 0.216 e. The van der Waals surface area contributed by atoms with Gasteiger partial charge in [0.25, 0.3) is 0 Å². The van der Waals surface area contributed by atoms with E-state index < -0.39 is 0 Å². The highest BCUT2D eigenvalue weighted by molar-refractivity contribution is 6.26. The standard InChI is InChI=1S/C11H7N3O2/c1-14-9-8(12-13-14)10(15)6-4-2-3-5-7(6)11(9)16/h2-5H,1H3. The number of rotatable bonds is 0. The summed E-state index contributed by atoms with van der Waals surface area (Å²) in [7, 11) is 1.60. The summed E-state index contributed by atoms with van der Waals surface area (Å²) < 4.78 is 1.34. The van der Waals surface area contributed by atoms with Gasteiger partial charge in [-0.1, -0.05) is 29.5 Å². The van der Waals surface area contributed by atoms with E-state index in [2.05, 4.69) is 10.3 Å². The zero-order valence-electron chi connectivity index (χ0n) is 8.47. The number of carbonyl (C=O) groups excluding carboxylic acids is 2. The topological polar surface area (TPSA) is 64.8 Å². The molecule has 1 aromatic carbocycles. The van der Waals surface area contributed by atoms with E-state index in [9.17, 15) is 9.59 Å². The van der Waals surface area contributed by atoms with Gasteiger partial charge in [-0.2, -0.15) is 0 Å². The molecule has 78 valence electrons. The van der Waals surface area contributed by atoms with Crippen molar-refractivity contribution >= 4 is 11.6 Å². The first-order valence-corrected chi connectivity index (χ1v) is 4.78. The van der Waals surface area contributed by atoms with E-state index in [0.29, 0.717) is 11.1 Å². The summed E-state index contributed by atoms with van der Waals surface area (Å²) in [6.45, 7) is 0. The molecule has 16 heavy (non-hydrogen) atoms. The third kappa shape index (κ3) is 0.942. The van der Waals surface area contributed by atoms with Gasteiger partial charge in [0.05, 0.1) is 0 Å². The fourth-order valence-corrected chi connectivity index (χ4v) is 1.90. The van der Waals surface area contributed by atoms with Crippen LogP contribution in [-0.2, 0) is 7.05 Å². The molecule has 0 fully saturated rings. The van der Waals surface area contributed by atoms with Gasteiger partial charge in [0.1, 0.15) is 5.69 Å². The number of hydrogen-bond acceptors (Lipinski definition) is 4. The Morgan fingerprint density at radius 3 is 2.38 bits per heavy atom. The molecule has 0 aliphatic heterocycles. The Morgan fingerprint density at radius 1 is 1.06 bits per heavy atom. The van der Waals surface area contributed by atoms with Crippen LogP contribution in [0.4, 0.5) is 0 Å². The van der Waals surface area contributed by atoms with Crippen molar-refractivity contribution in [2.24, 2.45) is 7.05 Å². The van der Waals surface area contributed by atoms with Gasteiger partial charge in [0.2, 0.25) is 11.6 Å². The molecule has 0 N–H and O–H groups in total. The Kier molecular flexibility index (Phi) is 1.60. The average Bonchev–Trinajstić information content (AvgIpc) is 2.69. The lowest BCUT2D eigenvalue weighted by Gasteiger charge is -2.12. The first-order valence-electron chi connectivity index (χ1n) is 4.78. The quantitative estimate of drug-likeness (QED) is 0.548. The number of carbonyl (C=O) groups is 2. The maximum absolute atomic E-state index is 12.1. The summed E-state index contributed by atoms with van der Waals surface area (Å²) in [5.41, 5.74) is 1.24. The molecule has 0 saturated carbocycles. The monoisotopic (exact) mass is 213 g/mol. The minimum Gasteiger partial charge on any atom is -0.287 e. The molecule has 0 atom stereocenters. The molecule has 1 aliphatic rings. The van der Waals surface area contributed by atoms with E-state index in [-0.39, 0.29) is 23.0 Å². The number of ketones is 2. The number of fused-ring (bicyclic) bond motifs is 2. The molecule has 3 rings (SSSR count). The van der Waals surface area contributed by atoms with Crippen molar-refractivity contribution in [1.29, 1.82) is 0 Å². The lowest BCUT2D eigenvalue weighted by molar-refractivity contribution is 0.0971. The predicted octanol–water partition coefficient (Wildman–Crippen LogP) is 0.591. The normalized spacial score (nSPS) is 13.6. The van der Waals surface area contributed by atoms with Crippen LogP contribution in [0, 0.1) is 0 Å². The Morgan fingerprint density at radius 2 is 1.69 bits per heavy atom. The van der Waals surface area contributed by atoms with Crippen molar-refractivity contribution < 1.29 is 9.59 Å². The Bertz CT molecular complexity index is 628. The minimum absolute atomic E-state index is 0.145. The van der Waals surface area contributed by atoms with Crippen LogP contribution in [-0.4, -0.2) is 26.6 Å². The number of benzene rings is 1. The highest BCUT2D eigenvalue weighted by atomic mass is 16.1. The molecule has 0 unspecified atom stereocenters. The zero-order chi connectivity index (χ0) is 11.3. The van der Waals surface area contributed by atoms with Gasteiger partial charge in [-0.3, -0.25) is 9.59 Å². The van der Waals surface area contributed by atoms with Gasteiger partial charge in [-0.05, 0) is 0 Å². The molecular weight excluding hydrogens is 206 g/mol. The Balaban J connectivity index is 2.36. The van der Waals surface area contributed by atoms with Crippen molar-refractivity contribution in [1.82, 2.24) is 15.0 Å². The van der Waals surface area contributed by atoms with Crippen molar-refractivity contribution in [3.8, 4) is 0 Å². The fraction of sp³-hybridized carbons (Fsp3) is 0.0909. The lowest BCUT2D eigenvalue weighted by Crippen LogP contribution is -2.22. The Labute approximate surface area is 90.7 Å². The van der Waals surface area contributed by atoms with Gasteiger partial charge < -0.3 is 0 Å².